The van der Waals surface area contributed by atoms with Crippen molar-refractivity contribution in [2.45, 2.75) is 13.2 Å². The minimum atomic E-state index is -1.74. The zero-order valence-corrected chi connectivity index (χ0v) is 23.6. The number of imidazole rings is 2. The summed E-state index contributed by atoms with van der Waals surface area (Å²) in [6.45, 7) is -1.18. The summed E-state index contributed by atoms with van der Waals surface area (Å²) in [5.74, 6) is -7.25. The molecule has 0 atom stereocenters. The predicted octanol–water partition coefficient (Wildman–Crippen LogP) is -7.44. The Hall–Kier alpha value is -1.04. The Labute approximate surface area is 245 Å². The third kappa shape index (κ3) is 9.85. The van der Waals surface area contributed by atoms with Crippen molar-refractivity contribution in [3.8, 4) is 0 Å². The number of carboxylic acids is 4. The molecule has 0 aromatic carbocycles. The van der Waals surface area contributed by atoms with E-state index < -0.39 is 59.9 Å². The van der Waals surface area contributed by atoms with Crippen LogP contribution in [0, 0.1) is 9.93 Å². The fraction of sp³-hybridized carbons (Fsp3) is 0.167. The van der Waals surface area contributed by atoms with Gasteiger partial charge in [0.1, 0.15) is 36.3 Å². The van der Waals surface area contributed by atoms with Gasteiger partial charge in [0.2, 0.25) is 0 Å². The molecule has 2 aromatic rings. The molecule has 0 unspecified atom stereocenters. The van der Waals surface area contributed by atoms with Crippen LogP contribution < -0.4 is 20.4 Å². The van der Waals surface area contributed by atoms with Crippen molar-refractivity contribution in [3.05, 3.63) is 44.4 Å². The van der Waals surface area contributed by atoms with Gasteiger partial charge in [-0.05, 0) is 0 Å². The van der Waals surface area contributed by atoms with Crippen LogP contribution in [0.4, 0.5) is 0 Å². The molecule has 0 aliphatic rings. The molecule has 2 heterocycles. The second-order valence-corrected chi connectivity index (χ2v) is 4.28. The number of carboxylic acid groups (broad SMARTS) is 4. The van der Waals surface area contributed by atoms with Gasteiger partial charge in [-0.2, -0.15) is 0 Å². The van der Waals surface area contributed by atoms with Crippen LogP contribution in [0.1, 0.15) is 53.6 Å². The number of rotatable bonds is 6. The number of aromatic carboxylic acids is 4. The average Bonchev–Trinajstić information content (AvgIpc) is 3.28. The summed E-state index contributed by atoms with van der Waals surface area (Å²) >= 11 is 0. The molecular weight excluding hydrogens is 667 g/mol. The van der Waals surface area contributed by atoms with Crippen molar-refractivity contribution < 1.29 is 49.8 Å². The van der Waals surface area contributed by atoms with Crippen molar-refractivity contribution >= 4 is 122 Å². The summed E-state index contributed by atoms with van der Waals surface area (Å²) in [4.78, 5) is 65.8. The number of carbonyl (C=O) groups is 4. The van der Waals surface area contributed by atoms with E-state index in [4.69, 9.17) is 20.1 Å². The fourth-order valence-electron chi connectivity index (χ4n) is 1.59. The van der Waals surface area contributed by atoms with Gasteiger partial charge in [-0.25, -0.2) is 9.97 Å². The van der Waals surface area contributed by atoms with Crippen LogP contribution in [0.5, 0.6) is 0 Å². The summed E-state index contributed by atoms with van der Waals surface area (Å²) in [5.41, 5.74) is -2.96. The van der Waals surface area contributed by atoms with E-state index in [9.17, 15) is 39.6 Å². The molecule has 0 radical (unpaired) electrons. The Morgan fingerprint density at radius 2 is 0.933 bits per heavy atom. The molecule has 0 aliphatic carbocycles. The summed E-state index contributed by atoms with van der Waals surface area (Å²) < 4.78 is 0. The van der Waals surface area contributed by atoms with Gasteiger partial charge in [0.15, 0.2) is 0 Å². The number of carbonyl (C=O) groups excluding carboxylic acids is 4. The fourth-order valence-corrected chi connectivity index (χ4v) is 1.59. The molecule has 18 heteroatoms. The quantitative estimate of drug-likeness (QED) is 0.207. The largest absolute Gasteiger partial charge is 2.00 e. The minimum absolute atomic E-state index is 0. The van der Waals surface area contributed by atoms with Crippen LogP contribution in [-0.4, -0.2) is 152 Å². The first-order valence-corrected chi connectivity index (χ1v) is 6.53. The molecule has 0 fully saturated rings. The number of nitrogens with zero attached hydrogens (tertiary/aromatic N) is 2. The standard InChI is InChI=1S/2C6H6N2O5.2Ba.O2/c2*9-1-2-7-3(5(10)11)4(8-2)6(12)13;;;1-2/h2*9H,1H2,(H,7,8)(H,10,11)(H,12,13);;;/q;;2*+2;/p-4. The van der Waals surface area contributed by atoms with Gasteiger partial charge >= 0.3 is 97.8 Å². The molecule has 4 N–H and O–H groups in total. The van der Waals surface area contributed by atoms with Crippen molar-refractivity contribution in [1.82, 2.24) is 19.9 Å². The molecule has 0 spiro atoms. The first kappa shape index (κ1) is 33.6. The average molecular weight is 675 g/mol. The molecular formula is C12H8Ba2N4O12. The molecule has 30 heavy (non-hydrogen) atoms. The number of aliphatic hydroxyl groups excluding tert-OH is 2. The third-order valence-electron chi connectivity index (χ3n) is 2.60. The van der Waals surface area contributed by atoms with Gasteiger partial charge in [0, 0.05) is 9.93 Å². The van der Waals surface area contributed by atoms with E-state index in [1.807, 2.05) is 0 Å². The summed E-state index contributed by atoms with van der Waals surface area (Å²) in [6, 6.07) is 0. The van der Waals surface area contributed by atoms with Gasteiger partial charge in [0.05, 0.1) is 35.3 Å². The van der Waals surface area contributed by atoms with E-state index in [1.165, 1.54) is 0 Å². The van der Waals surface area contributed by atoms with Gasteiger partial charge < -0.3 is 59.8 Å². The Morgan fingerprint density at radius 3 is 1.07 bits per heavy atom. The predicted molar refractivity (Wildman–Crippen MR) is 84.6 cm³/mol. The summed E-state index contributed by atoms with van der Waals surface area (Å²) in [6.07, 6.45) is 0. The molecule has 16 nitrogen and oxygen atoms in total. The second-order valence-electron chi connectivity index (χ2n) is 4.28. The van der Waals surface area contributed by atoms with E-state index in [-0.39, 0.29) is 109 Å². The normalized spacial score (nSPS) is 8.73. The molecule has 0 bridgehead atoms. The Kier molecular flexibility index (Phi) is 18.6. The maximum Gasteiger partial charge on any atom is 2.00 e. The van der Waals surface area contributed by atoms with Gasteiger partial charge in [-0.3, -0.25) is 0 Å². The van der Waals surface area contributed by atoms with Crippen molar-refractivity contribution in [2.75, 3.05) is 0 Å². The van der Waals surface area contributed by atoms with Crippen molar-refractivity contribution in [3.63, 3.8) is 0 Å². The molecule has 0 saturated carbocycles. The van der Waals surface area contributed by atoms with E-state index in [2.05, 4.69) is 19.9 Å². The number of aromatic amines is 2. The summed E-state index contributed by atoms with van der Waals surface area (Å²) in [5, 5.41) is 58.2. The van der Waals surface area contributed by atoms with Crippen LogP contribution >= 0.6 is 0 Å². The van der Waals surface area contributed by atoms with Crippen molar-refractivity contribution in [2.24, 2.45) is 0 Å². The maximum atomic E-state index is 10.3. The summed E-state index contributed by atoms with van der Waals surface area (Å²) in [7, 11) is 0. The molecule has 0 aliphatic heterocycles. The molecule has 2 rings (SSSR count). The van der Waals surface area contributed by atoms with Crippen LogP contribution in [0.3, 0.4) is 0 Å². The Balaban J connectivity index is -0.000000423. The first-order valence-electron chi connectivity index (χ1n) is 6.53. The Morgan fingerprint density at radius 1 is 0.667 bits per heavy atom. The number of nitrogens with one attached hydrogen (secondary N) is 2. The molecule has 0 amide bonds. The second kappa shape index (κ2) is 16.6. The molecule has 0 saturated heterocycles. The van der Waals surface area contributed by atoms with E-state index in [1.54, 1.807) is 0 Å². The number of H-pyrrole nitrogens is 2. The van der Waals surface area contributed by atoms with Gasteiger partial charge in [-0.1, -0.05) is 0 Å². The van der Waals surface area contributed by atoms with Crippen molar-refractivity contribution in [1.29, 1.82) is 0 Å². The number of aliphatic hydroxyl groups is 2. The zero-order chi connectivity index (χ0) is 22.0. The number of hydrogen-bond donors (Lipinski definition) is 4. The van der Waals surface area contributed by atoms with Crippen LogP contribution in [0.15, 0.2) is 0 Å². The number of hydrogen-bond acceptors (Lipinski definition) is 14. The van der Waals surface area contributed by atoms with Crippen LogP contribution in [0.25, 0.3) is 0 Å². The topological polar surface area (TPSA) is 292 Å². The van der Waals surface area contributed by atoms with E-state index in [0.29, 0.717) is 0 Å². The SMILES string of the molecule is O=C([O-])c1nc(CO)[nH]c1C(=O)[O-].O=C([O-])c1nc(CO)[nH]c1C(=O)[O-].O=O.[Ba+2].[Ba+2]. The molecule has 2 aromatic heterocycles. The van der Waals surface area contributed by atoms with Crippen LogP contribution in [0.2, 0.25) is 0 Å². The monoisotopic (exact) mass is 676 g/mol. The van der Waals surface area contributed by atoms with Gasteiger partial charge in [-0.15, -0.1) is 0 Å². The van der Waals surface area contributed by atoms with E-state index >= 15 is 0 Å². The first-order chi connectivity index (χ1) is 13.1. The number of aromatic nitrogens is 4. The van der Waals surface area contributed by atoms with Gasteiger partial charge in [0.25, 0.3) is 0 Å². The smallest absolute Gasteiger partial charge is 0.543 e. The zero-order valence-electron chi connectivity index (χ0n) is 14.7. The minimum Gasteiger partial charge on any atom is -0.543 e. The Bertz CT molecular complexity index is 747. The third-order valence-corrected chi connectivity index (χ3v) is 2.60. The van der Waals surface area contributed by atoms with E-state index in [0.717, 1.165) is 0 Å². The molecule has 152 valence electrons. The van der Waals surface area contributed by atoms with Crippen LogP contribution in [-0.2, 0) is 13.2 Å². The maximum absolute atomic E-state index is 10.3.